The quantitative estimate of drug-likeness (QED) is 0.841. The standard InChI is InChI=1S/C14H22N2/c1-14(2,12-6-4-3-5-7-12)11-16-9-8-13(15)10-16/h3-7,13H,8-11,15H2,1-2H3/t13-/m1/s1. The molecule has 0 aliphatic carbocycles. The molecule has 0 unspecified atom stereocenters. The maximum atomic E-state index is 5.94. The second-order valence-electron chi connectivity index (χ2n) is 5.53. The van der Waals surface area contributed by atoms with E-state index in [2.05, 4.69) is 49.1 Å². The van der Waals surface area contributed by atoms with Gasteiger partial charge in [-0.2, -0.15) is 0 Å². The normalized spacial score (nSPS) is 22.6. The Balaban J connectivity index is 2.03. The molecule has 1 saturated heterocycles. The van der Waals surface area contributed by atoms with Crippen LogP contribution in [0.25, 0.3) is 0 Å². The van der Waals surface area contributed by atoms with Crippen LogP contribution in [-0.4, -0.2) is 30.6 Å². The zero-order chi connectivity index (χ0) is 11.6. The lowest BCUT2D eigenvalue weighted by Gasteiger charge is -2.30. The highest BCUT2D eigenvalue weighted by atomic mass is 15.2. The molecule has 0 spiro atoms. The molecule has 1 aliphatic heterocycles. The van der Waals surface area contributed by atoms with Crippen LogP contribution in [0.3, 0.4) is 0 Å². The van der Waals surface area contributed by atoms with Crippen molar-refractivity contribution in [3.05, 3.63) is 35.9 Å². The van der Waals surface area contributed by atoms with Crippen LogP contribution in [0.15, 0.2) is 30.3 Å². The van der Waals surface area contributed by atoms with Gasteiger partial charge in [-0.25, -0.2) is 0 Å². The van der Waals surface area contributed by atoms with Gasteiger partial charge in [0.1, 0.15) is 0 Å². The first-order valence-corrected chi connectivity index (χ1v) is 6.11. The Morgan fingerprint density at radius 2 is 2.00 bits per heavy atom. The maximum Gasteiger partial charge on any atom is 0.0180 e. The van der Waals surface area contributed by atoms with Crippen LogP contribution in [0, 0.1) is 0 Å². The first-order valence-electron chi connectivity index (χ1n) is 6.11. The van der Waals surface area contributed by atoms with E-state index in [1.165, 1.54) is 5.56 Å². The lowest BCUT2D eigenvalue weighted by molar-refractivity contribution is 0.266. The lowest BCUT2D eigenvalue weighted by atomic mass is 9.84. The van der Waals surface area contributed by atoms with Crippen LogP contribution >= 0.6 is 0 Å². The van der Waals surface area contributed by atoms with Gasteiger partial charge in [0.05, 0.1) is 0 Å². The number of benzene rings is 1. The number of nitrogens with two attached hydrogens (primary N) is 1. The van der Waals surface area contributed by atoms with Crippen LogP contribution in [0.2, 0.25) is 0 Å². The van der Waals surface area contributed by atoms with Crippen molar-refractivity contribution in [1.29, 1.82) is 0 Å². The van der Waals surface area contributed by atoms with Gasteiger partial charge >= 0.3 is 0 Å². The summed E-state index contributed by atoms with van der Waals surface area (Å²) in [5, 5.41) is 0. The zero-order valence-corrected chi connectivity index (χ0v) is 10.3. The Kier molecular flexibility index (Phi) is 3.31. The molecule has 2 N–H and O–H groups in total. The van der Waals surface area contributed by atoms with Crippen molar-refractivity contribution in [2.45, 2.75) is 31.7 Å². The average molecular weight is 218 g/mol. The van der Waals surface area contributed by atoms with Crippen molar-refractivity contribution in [2.24, 2.45) is 5.73 Å². The largest absolute Gasteiger partial charge is 0.326 e. The molecule has 0 amide bonds. The molecule has 1 aromatic rings. The molecule has 1 atom stereocenters. The van der Waals surface area contributed by atoms with Crippen LogP contribution in [0.4, 0.5) is 0 Å². The molecular weight excluding hydrogens is 196 g/mol. The third kappa shape index (κ3) is 2.63. The first-order chi connectivity index (χ1) is 7.58. The average Bonchev–Trinajstić information content (AvgIpc) is 2.64. The van der Waals surface area contributed by atoms with Crippen molar-refractivity contribution in [3.63, 3.8) is 0 Å². The molecule has 0 aromatic heterocycles. The predicted octanol–water partition coefficient (Wildman–Crippen LogP) is 2.00. The van der Waals surface area contributed by atoms with Gasteiger partial charge in [-0.05, 0) is 18.5 Å². The SMILES string of the molecule is CC(C)(CN1CC[C@@H](N)C1)c1ccccc1. The molecule has 0 radical (unpaired) electrons. The van der Waals surface area contributed by atoms with Gasteiger partial charge in [0.25, 0.3) is 0 Å². The number of hydrogen-bond donors (Lipinski definition) is 1. The van der Waals surface area contributed by atoms with Crippen LogP contribution in [0.5, 0.6) is 0 Å². The van der Waals surface area contributed by atoms with Gasteiger partial charge in [0.2, 0.25) is 0 Å². The Labute approximate surface area is 98.4 Å². The smallest absolute Gasteiger partial charge is 0.0180 e. The fourth-order valence-corrected chi connectivity index (χ4v) is 2.55. The molecule has 1 heterocycles. The summed E-state index contributed by atoms with van der Waals surface area (Å²) in [4.78, 5) is 2.48. The summed E-state index contributed by atoms with van der Waals surface area (Å²) in [6, 6.07) is 11.1. The molecule has 0 bridgehead atoms. The van der Waals surface area contributed by atoms with Crippen molar-refractivity contribution in [2.75, 3.05) is 19.6 Å². The molecular formula is C14H22N2. The topological polar surface area (TPSA) is 29.3 Å². The van der Waals surface area contributed by atoms with E-state index in [-0.39, 0.29) is 5.41 Å². The summed E-state index contributed by atoms with van der Waals surface area (Å²) in [6.07, 6.45) is 1.14. The maximum absolute atomic E-state index is 5.94. The highest BCUT2D eigenvalue weighted by Crippen LogP contribution is 2.25. The molecule has 1 aromatic carbocycles. The highest BCUT2D eigenvalue weighted by molar-refractivity contribution is 5.24. The molecule has 88 valence electrons. The summed E-state index contributed by atoms with van der Waals surface area (Å²) < 4.78 is 0. The van der Waals surface area contributed by atoms with Crippen molar-refractivity contribution in [3.8, 4) is 0 Å². The van der Waals surface area contributed by atoms with E-state index < -0.39 is 0 Å². The number of rotatable bonds is 3. The summed E-state index contributed by atoms with van der Waals surface area (Å²) in [7, 11) is 0. The Morgan fingerprint density at radius 1 is 1.31 bits per heavy atom. The fraction of sp³-hybridized carbons (Fsp3) is 0.571. The van der Waals surface area contributed by atoms with E-state index in [9.17, 15) is 0 Å². The van der Waals surface area contributed by atoms with E-state index in [4.69, 9.17) is 5.73 Å². The third-order valence-electron chi connectivity index (χ3n) is 3.48. The highest BCUT2D eigenvalue weighted by Gasteiger charge is 2.27. The van der Waals surface area contributed by atoms with Gasteiger partial charge in [-0.15, -0.1) is 0 Å². The Hall–Kier alpha value is -0.860. The minimum absolute atomic E-state index is 0.214. The molecule has 1 aliphatic rings. The fourth-order valence-electron chi connectivity index (χ4n) is 2.55. The molecule has 2 heteroatoms. The minimum Gasteiger partial charge on any atom is -0.326 e. The first kappa shape index (κ1) is 11.6. The van der Waals surface area contributed by atoms with Gasteiger partial charge in [-0.3, -0.25) is 0 Å². The van der Waals surface area contributed by atoms with E-state index in [1.807, 2.05) is 0 Å². The van der Waals surface area contributed by atoms with Crippen molar-refractivity contribution in [1.82, 2.24) is 4.90 Å². The van der Waals surface area contributed by atoms with E-state index in [0.29, 0.717) is 6.04 Å². The van der Waals surface area contributed by atoms with Crippen LogP contribution < -0.4 is 5.73 Å². The monoisotopic (exact) mass is 218 g/mol. The zero-order valence-electron chi connectivity index (χ0n) is 10.3. The number of nitrogens with zero attached hydrogens (tertiary/aromatic N) is 1. The number of likely N-dealkylation sites (tertiary alicyclic amines) is 1. The molecule has 2 rings (SSSR count). The second kappa shape index (κ2) is 4.56. The Morgan fingerprint density at radius 3 is 2.56 bits per heavy atom. The van der Waals surface area contributed by atoms with Gasteiger partial charge in [-0.1, -0.05) is 44.2 Å². The number of hydrogen-bond acceptors (Lipinski definition) is 2. The van der Waals surface area contributed by atoms with Crippen LogP contribution in [-0.2, 0) is 5.41 Å². The van der Waals surface area contributed by atoms with Gasteiger partial charge in [0.15, 0.2) is 0 Å². The van der Waals surface area contributed by atoms with Gasteiger partial charge < -0.3 is 10.6 Å². The lowest BCUT2D eigenvalue weighted by Crippen LogP contribution is -2.37. The summed E-state index contributed by atoms with van der Waals surface area (Å²) in [5.41, 5.74) is 7.57. The summed E-state index contributed by atoms with van der Waals surface area (Å²) in [5.74, 6) is 0. The predicted molar refractivity (Wildman–Crippen MR) is 68.5 cm³/mol. The van der Waals surface area contributed by atoms with Crippen LogP contribution in [0.1, 0.15) is 25.8 Å². The van der Waals surface area contributed by atoms with E-state index in [1.54, 1.807) is 0 Å². The molecule has 16 heavy (non-hydrogen) atoms. The summed E-state index contributed by atoms with van der Waals surface area (Å²) >= 11 is 0. The van der Waals surface area contributed by atoms with Crippen molar-refractivity contribution >= 4 is 0 Å². The molecule has 0 saturated carbocycles. The van der Waals surface area contributed by atoms with E-state index >= 15 is 0 Å². The Bertz CT molecular complexity index is 332. The molecule has 1 fully saturated rings. The van der Waals surface area contributed by atoms with Crippen molar-refractivity contribution < 1.29 is 0 Å². The molecule has 2 nitrogen and oxygen atoms in total. The minimum atomic E-state index is 0.214. The van der Waals surface area contributed by atoms with Gasteiger partial charge in [0, 0.05) is 24.5 Å². The summed E-state index contributed by atoms with van der Waals surface area (Å²) in [6.45, 7) is 7.93. The second-order valence-corrected chi connectivity index (χ2v) is 5.53. The van der Waals surface area contributed by atoms with E-state index in [0.717, 1.165) is 26.1 Å². The third-order valence-corrected chi connectivity index (χ3v) is 3.48.